The van der Waals surface area contributed by atoms with Gasteiger partial charge < -0.3 is 14.8 Å². The highest BCUT2D eigenvalue weighted by Crippen LogP contribution is 2.25. The SMILES string of the molecule is O=C1CN(Cc2cccc(Cl)c2)Cc2cc(Br)ccc2OCCOCCN1. The Morgan fingerprint density at radius 1 is 1.11 bits per heavy atom. The maximum atomic E-state index is 12.4. The van der Waals surface area contributed by atoms with Gasteiger partial charge in [-0.1, -0.05) is 39.7 Å². The van der Waals surface area contributed by atoms with E-state index in [4.69, 9.17) is 21.1 Å². The number of nitrogens with zero attached hydrogens (tertiary/aromatic N) is 1. The summed E-state index contributed by atoms with van der Waals surface area (Å²) in [6, 6.07) is 13.6. The second kappa shape index (κ2) is 10.1. The Kier molecular flexibility index (Phi) is 7.52. The Morgan fingerprint density at radius 3 is 2.85 bits per heavy atom. The number of hydrogen-bond donors (Lipinski definition) is 1. The van der Waals surface area contributed by atoms with Gasteiger partial charge in [0.15, 0.2) is 0 Å². The Balaban J connectivity index is 1.85. The van der Waals surface area contributed by atoms with Crippen LogP contribution in [0.5, 0.6) is 5.75 Å². The van der Waals surface area contributed by atoms with E-state index < -0.39 is 0 Å². The number of benzene rings is 2. The molecule has 7 heteroatoms. The van der Waals surface area contributed by atoms with Gasteiger partial charge in [-0.25, -0.2) is 0 Å². The molecule has 0 spiro atoms. The molecule has 27 heavy (non-hydrogen) atoms. The van der Waals surface area contributed by atoms with Crippen molar-refractivity contribution in [2.75, 3.05) is 32.9 Å². The molecule has 0 saturated heterocycles. The minimum absolute atomic E-state index is 0.0302. The summed E-state index contributed by atoms with van der Waals surface area (Å²) in [5.74, 6) is 0.773. The van der Waals surface area contributed by atoms with E-state index in [1.165, 1.54) is 0 Å². The molecule has 1 amide bonds. The van der Waals surface area contributed by atoms with Crippen LogP contribution in [0.25, 0.3) is 0 Å². The van der Waals surface area contributed by atoms with Crippen molar-refractivity contribution in [1.29, 1.82) is 0 Å². The summed E-state index contributed by atoms with van der Waals surface area (Å²) < 4.78 is 12.4. The minimum atomic E-state index is -0.0302. The summed E-state index contributed by atoms with van der Waals surface area (Å²) in [4.78, 5) is 14.4. The van der Waals surface area contributed by atoms with Crippen molar-refractivity contribution in [3.8, 4) is 5.75 Å². The second-order valence-corrected chi connectivity index (χ2v) is 7.69. The number of nitrogens with one attached hydrogen (secondary N) is 1. The van der Waals surface area contributed by atoms with Crippen molar-refractivity contribution in [3.05, 3.63) is 63.1 Å². The van der Waals surface area contributed by atoms with E-state index in [9.17, 15) is 4.79 Å². The van der Waals surface area contributed by atoms with E-state index in [0.717, 1.165) is 21.3 Å². The summed E-state index contributed by atoms with van der Waals surface area (Å²) >= 11 is 9.64. The van der Waals surface area contributed by atoms with Gasteiger partial charge in [0, 0.05) is 34.7 Å². The first-order valence-corrected chi connectivity index (χ1v) is 10.00. The van der Waals surface area contributed by atoms with Crippen molar-refractivity contribution in [2.45, 2.75) is 13.1 Å². The highest BCUT2D eigenvalue weighted by atomic mass is 79.9. The van der Waals surface area contributed by atoms with Crippen molar-refractivity contribution >= 4 is 33.4 Å². The van der Waals surface area contributed by atoms with Crippen LogP contribution in [-0.4, -0.2) is 43.7 Å². The van der Waals surface area contributed by atoms with Gasteiger partial charge >= 0.3 is 0 Å². The molecule has 3 rings (SSSR count). The minimum Gasteiger partial charge on any atom is -0.491 e. The first kappa shape index (κ1) is 20.1. The molecular formula is C20H22BrClN2O3. The fourth-order valence-electron chi connectivity index (χ4n) is 2.95. The first-order chi connectivity index (χ1) is 13.1. The second-order valence-electron chi connectivity index (χ2n) is 6.34. The number of carbonyl (C=O) groups excluding carboxylic acids is 1. The molecule has 2 aromatic carbocycles. The molecule has 0 radical (unpaired) electrons. The number of ether oxygens (including phenoxy) is 2. The predicted octanol–water partition coefficient (Wildman–Crippen LogP) is 3.63. The molecule has 0 aliphatic carbocycles. The third kappa shape index (κ3) is 6.50. The Labute approximate surface area is 172 Å². The molecule has 144 valence electrons. The smallest absolute Gasteiger partial charge is 0.234 e. The van der Waals surface area contributed by atoms with Crippen LogP contribution in [0.4, 0.5) is 0 Å². The van der Waals surface area contributed by atoms with Gasteiger partial charge in [-0.2, -0.15) is 0 Å². The maximum absolute atomic E-state index is 12.4. The van der Waals surface area contributed by atoms with Crippen LogP contribution in [0.15, 0.2) is 46.9 Å². The monoisotopic (exact) mass is 452 g/mol. The van der Waals surface area contributed by atoms with Crippen LogP contribution in [0.2, 0.25) is 5.02 Å². The standard InChI is InChI=1S/C20H22BrClN2O3/c21-17-4-5-19-16(11-17)13-24(12-15-2-1-3-18(22)10-15)14-20(25)23-6-7-26-8-9-27-19/h1-5,10-11H,6-9,12-14H2,(H,23,25). The Hall–Kier alpha value is -1.60. The molecule has 0 saturated carbocycles. The van der Waals surface area contributed by atoms with Crippen LogP contribution in [0.1, 0.15) is 11.1 Å². The van der Waals surface area contributed by atoms with Gasteiger partial charge in [0.2, 0.25) is 5.91 Å². The number of carbonyl (C=O) groups is 1. The molecule has 0 fully saturated rings. The van der Waals surface area contributed by atoms with Gasteiger partial charge in [-0.15, -0.1) is 0 Å². The van der Waals surface area contributed by atoms with Crippen LogP contribution in [0, 0.1) is 0 Å². The van der Waals surface area contributed by atoms with Crippen LogP contribution in [-0.2, 0) is 22.6 Å². The summed E-state index contributed by atoms with van der Waals surface area (Å²) in [6.07, 6.45) is 0. The molecule has 1 heterocycles. The zero-order valence-electron chi connectivity index (χ0n) is 14.9. The lowest BCUT2D eigenvalue weighted by Crippen LogP contribution is -2.38. The van der Waals surface area contributed by atoms with Crippen LogP contribution in [0.3, 0.4) is 0 Å². The van der Waals surface area contributed by atoms with E-state index in [2.05, 4.69) is 26.1 Å². The molecular weight excluding hydrogens is 432 g/mol. The van der Waals surface area contributed by atoms with E-state index in [0.29, 0.717) is 44.5 Å². The fourth-order valence-corrected chi connectivity index (χ4v) is 3.57. The van der Waals surface area contributed by atoms with Gasteiger partial charge in [0.25, 0.3) is 0 Å². The number of fused-ring (bicyclic) bond motifs is 1. The maximum Gasteiger partial charge on any atom is 0.234 e. The van der Waals surface area contributed by atoms with E-state index in [1.807, 2.05) is 42.5 Å². The highest BCUT2D eigenvalue weighted by Gasteiger charge is 2.16. The van der Waals surface area contributed by atoms with Gasteiger partial charge in [-0.3, -0.25) is 9.69 Å². The molecule has 0 atom stereocenters. The lowest BCUT2D eigenvalue weighted by molar-refractivity contribution is -0.122. The normalized spacial score (nSPS) is 16.9. The molecule has 0 aromatic heterocycles. The molecule has 1 aliphatic heterocycles. The quantitative estimate of drug-likeness (QED) is 0.754. The summed E-state index contributed by atoms with van der Waals surface area (Å²) in [7, 11) is 0. The van der Waals surface area contributed by atoms with Crippen molar-refractivity contribution in [1.82, 2.24) is 10.2 Å². The van der Waals surface area contributed by atoms with Crippen molar-refractivity contribution < 1.29 is 14.3 Å². The molecule has 5 nitrogen and oxygen atoms in total. The van der Waals surface area contributed by atoms with Crippen molar-refractivity contribution in [2.24, 2.45) is 0 Å². The third-order valence-corrected chi connectivity index (χ3v) is 4.86. The van der Waals surface area contributed by atoms with E-state index >= 15 is 0 Å². The largest absolute Gasteiger partial charge is 0.491 e. The topological polar surface area (TPSA) is 50.8 Å². The van der Waals surface area contributed by atoms with Crippen LogP contribution < -0.4 is 10.1 Å². The molecule has 1 N–H and O–H groups in total. The molecule has 2 aromatic rings. The summed E-state index contributed by atoms with van der Waals surface area (Å²) in [6.45, 7) is 3.37. The Bertz CT molecular complexity index is 788. The number of amides is 1. The summed E-state index contributed by atoms with van der Waals surface area (Å²) in [5, 5.41) is 3.59. The zero-order chi connectivity index (χ0) is 19.1. The predicted molar refractivity (Wildman–Crippen MR) is 109 cm³/mol. The molecule has 0 unspecified atom stereocenters. The highest BCUT2D eigenvalue weighted by molar-refractivity contribution is 9.10. The average Bonchev–Trinajstić information content (AvgIpc) is 2.63. The lowest BCUT2D eigenvalue weighted by Gasteiger charge is -2.23. The van der Waals surface area contributed by atoms with E-state index in [-0.39, 0.29) is 12.5 Å². The molecule has 1 aliphatic rings. The van der Waals surface area contributed by atoms with Crippen LogP contribution >= 0.6 is 27.5 Å². The number of hydrogen-bond acceptors (Lipinski definition) is 4. The lowest BCUT2D eigenvalue weighted by atomic mass is 10.1. The first-order valence-electron chi connectivity index (χ1n) is 8.82. The van der Waals surface area contributed by atoms with Gasteiger partial charge in [0.1, 0.15) is 12.4 Å². The average molecular weight is 454 g/mol. The number of halogens is 2. The third-order valence-electron chi connectivity index (χ3n) is 4.13. The zero-order valence-corrected chi connectivity index (χ0v) is 17.3. The van der Waals surface area contributed by atoms with Crippen molar-refractivity contribution in [3.63, 3.8) is 0 Å². The Morgan fingerprint density at radius 2 is 2.00 bits per heavy atom. The summed E-state index contributed by atoms with van der Waals surface area (Å²) in [5.41, 5.74) is 2.07. The van der Waals surface area contributed by atoms with E-state index in [1.54, 1.807) is 0 Å². The molecule has 0 bridgehead atoms. The fraction of sp³-hybridized carbons (Fsp3) is 0.350. The van der Waals surface area contributed by atoms with Gasteiger partial charge in [0.05, 0.1) is 19.8 Å². The number of rotatable bonds is 2. The van der Waals surface area contributed by atoms with Gasteiger partial charge in [-0.05, 0) is 35.9 Å².